The van der Waals surface area contributed by atoms with E-state index in [2.05, 4.69) is 99.6 Å². The zero-order chi connectivity index (χ0) is 25.6. The third-order valence-corrected chi connectivity index (χ3v) is 8.27. The van der Waals surface area contributed by atoms with Crippen molar-refractivity contribution in [3.05, 3.63) is 72.3 Å². The topological polar surface area (TPSA) is 65.6 Å². The summed E-state index contributed by atoms with van der Waals surface area (Å²) in [5.41, 5.74) is 4.28. The van der Waals surface area contributed by atoms with E-state index >= 15 is 0 Å². The number of thiophene rings is 1. The maximum absolute atomic E-state index is 4.63. The van der Waals surface area contributed by atoms with Crippen LogP contribution >= 0.6 is 22.7 Å². The van der Waals surface area contributed by atoms with E-state index < -0.39 is 0 Å². The Labute approximate surface area is 225 Å². The minimum Gasteiger partial charge on any atom is -0.372 e. The fourth-order valence-electron chi connectivity index (χ4n) is 4.34. The SMILES string of the molecule is CCCCc1ccc(N=Nc2cc3sc(N=Nc4ccc(N(CC)CC)cc4)nc3s2)c2ccccc12. The molecule has 0 bridgehead atoms. The normalized spacial score (nSPS) is 12.0. The lowest BCUT2D eigenvalue weighted by Crippen LogP contribution is -2.21. The van der Waals surface area contributed by atoms with Crippen LogP contribution in [0.4, 0.5) is 27.2 Å². The second kappa shape index (κ2) is 11.7. The molecule has 0 aliphatic rings. The van der Waals surface area contributed by atoms with Gasteiger partial charge in [-0.05, 0) is 74.0 Å². The Hall–Kier alpha value is -3.49. The summed E-state index contributed by atoms with van der Waals surface area (Å²) in [7, 11) is 0. The van der Waals surface area contributed by atoms with E-state index in [1.165, 1.54) is 52.2 Å². The van der Waals surface area contributed by atoms with Gasteiger partial charge in [-0.25, -0.2) is 4.98 Å². The highest BCUT2D eigenvalue weighted by Gasteiger charge is 2.10. The summed E-state index contributed by atoms with van der Waals surface area (Å²) in [6.07, 6.45) is 3.46. The Balaban J connectivity index is 1.30. The number of nitrogens with zero attached hydrogens (tertiary/aromatic N) is 6. The molecule has 2 heterocycles. The van der Waals surface area contributed by atoms with Crippen LogP contribution in [0, 0.1) is 0 Å². The van der Waals surface area contributed by atoms with E-state index in [1.807, 2.05) is 18.2 Å². The van der Waals surface area contributed by atoms with Crippen LogP contribution in [-0.4, -0.2) is 18.1 Å². The number of unbranched alkanes of at least 4 members (excludes halogenated alkanes) is 1. The molecule has 0 spiro atoms. The predicted octanol–water partition coefficient (Wildman–Crippen LogP) is 10.5. The van der Waals surface area contributed by atoms with Gasteiger partial charge in [0.2, 0.25) is 5.13 Å². The zero-order valence-electron chi connectivity index (χ0n) is 21.4. The second-order valence-electron chi connectivity index (χ2n) is 8.73. The molecular formula is C29H30N6S2. The first-order valence-electron chi connectivity index (χ1n) is 12.8. The highest BCUT2D eigenvalue weighted by molar-refractivity contribution is 7.30. The van der Waals surface area contributed by atoms with Gasteiger partial charge in [0.1, 0.15) is 9.83 Å². The first kappa shape index (κ1) is 25.2. The lowest BCUT2D eigenvalue weighted by Gasteiger charge is -2.20. The highest BCUT2D eigenvalue weighted by Crippen LogP contribution is 2.40. The molecule has 0 aliphatic heterocycles. The van der Waals surface area contributed by atoms with Crippen LogP contribution < -0.4 is 4.90 Å². The molecule has 188 valence electrons. The molecule has 8 heteroatoms. The summed E-state index contributed by atoms with van der Waals surface area (Å²) in [5.74, 6) is 0. The smallest absolute Gasteiger partial charge is 0.231 e. The van der Waals surface area contributed by atoms with E-state index in [9.17, 15) is 0 Å². The van der Waals surface area contributed by atoms with Crippen LogP contribution in [0.3, 0.4) is 0 Å². The number of hydrogen-bond donors (Lipinski definition) is 0. The minimum absolute atomic E-state index is 0.645. The van der Waals surface area contributed by atoms with Crippen molar-refractivity contribution in [1.82, 2.24) is 4.98 Å². The molecule has 2 aromatic heterocycles. The third kappa shape index (κ3) is 5.76. The molecule has 0 aliphatic carbocycles. The number of aryl methyl sites for hydroxylation is 1. The summed E-state index contributed by atoms with van der Waals surface area (Å²) in [5, 5.41) is 21.8. The number of benzene rings is 3. The molecule has 5 rings (SSSR count). The van der Waals surface area contributed by atoms with Crippen LogP contribution in [0.2, 0.25) is 0 Å². The molecular weight excluding hydrogens is 496 g/mol. The number of hydrogen-bond acceptors (Lipinski definition) is 8. The van der Waals surface area contributed by atoms with Gasteiger partial charge in [0, 0.05) is 24.2 Å². The quantitative estimate of drug-likeness (QED) is 0.170. The first-order chi connectivity index (χ1) is 18.2. The summed E-state index contributed by atoms with van der Waals surface area (Å²) in [6.45, 7) is 8.51. The Morgan fingerprint density at radius 2 is 1.57 bits per heavy atom. The van der Waals surface area contributed by atoms with Crippen molar-refractivity contribution in [1.29, 1.82) is 0 Å². The monoisotopic (exact) mass is 526 g/mol. The molecule has 0 atom stereocenters. The van der Waals surface area contributed by atoms with Gasteiger partial charge in [-0.1, -0.05) is 66.3 Å². The number of aromatic nitrogens is 1. The summed E-state index contributed by atoms with van der Waals surface area (Å²) in [4.78, 5) is 7.84. The van der Waals surface area contributed by atoms with Gasteiger partial charge in [0.05, 0.1) is 16.1 Å². The lowest BCUT2D eigenvalue weighted by atomic mass is 9.99. The standard InChI is InChI=1S/C29H30N6S2/c1-4-7-10-20-13-18-25(24-12-9-8-11-23(20)24)32-33-27-19-26-28(37-27)30-29(36-26)34-31-21-14-16-22(17-15-21)35(5-2)6-3/h8-9,11-19H,4-7,10H2,1-3H3. The molecule has 0 N–H and O–H groups in total. The number of rotatable bonds is 10. The van der Waals surface area contributed by atoms with Crippen molar-refractivity contribution >= 4 is 70.2 Å². The summed E-state index contributed by atoms with van der Waals surface area (Å²) < 4.78 is 1.05. The van der Waals surface area contributed by atoms with E-state index in [0.29, 0.717) is 5.13 Å². The summed E-state index contributed by atoms with van der Waals surface area (Å²) in [6, 6.07) is 22.9. The molecule has 0 saturated carbocycles. The van der Waals surface area contributed by atoms with Gasteiger partial charge in [-0.3, -0.25) is 0 Å². The van der Waals surface area contributed by atoms with Gasteiger partial charge in [-0.15, -0.1) is 20.5 Å². The molecule has 37 heavy (non-hydrogen) atoms. The van der Waals surface area contributed by atoms with Crippen LogP contribution in [0.1, 0.15) is 39.2 Å². The van der Waals surface area contributed by atoms with Gasteiger partial charge in [0.15, 0.2) is 0 Å². The van der Waals surface area contributed by atoms with Crippen LogP contribution in [0.25, 0.3) is 20.3 Å². The van der Waals surface area contributed by atoms with Crippen molar-refractivity contribution in [3.8, 4) is 0 Å². The molecule has 0 unspecified atom stereocenters. The number of thiazole rings is 1. The zero-order valence-corrected chi connectivity index (χ0v) is 23.0. The number of anilines is 1. The molecule has 5 aromatic rings. The molecule has 6 nitrogen and oxygen atoms in total. The summed E-state index contributed by atoms with van der Waals surface area (Å²) >= 11 is 3.04. The number of fused-ring (bicyclic) bond motifs is 2. The van der Waals surface area contributed by atoms with E-state index in [0.717, 1.165) is 50.8 Å². The van der Waals surface area contributed by atoms with Gasteiger partial charge >= 0.3 is 0 Å². The van der Waals surface area contributed by atoms with Crippen molar-refractivity contribution in [2.24, 2.45) is 20.5 Å². The molecule has 0 fully saturated rings. The lowest BCUT2D eigenvalue weighted by molar-refractivity contribution is 0.799. The van der Waals surface area contributed by atoms with Gasteiger partial charge < -0.3 is 4.90 Å². The fourth-order valence-corrected chi connectivity index (χ4v) is 6.19. The maximum Gasteiger partial charge on any atom is 0.231 e. The van der Waals surface area contributed by atoms with Crippen molar-refractivity contribution in [3.63, 3.8) is 0 Å². The van der Waals surface area contributed by atoms with Crippen LogP contribution in [0.5, 0.6) is 0 Å². The average molecular weight is 527 g/mol. The number of azo groups is 2. The van der Waals surface area contributed by atoms with Gasteiger partial charge in [-0.2, -0.15) is 0 Å². The Morgan fingerprint density at radius 1 is 0.784 bits per heavy atom. The molecule has 0 radical (unpaired) electrons. The van der Waals surface area contributed by atoms with Crippen molar-refractivity contribution < 1.29 is 0 Å². The highest BCUT2D eigenvalue weighted by atomic mass is 32.1. The van der Waals surface area contributed by atoms with Crippen molar-refractivity contribution in [2.75, 3.05) is 18.0 Å². The Bertz CT molecular complexity index is 1510. The average Bonchev–Trinajstić information content (AvgIpc) is 3.50. The van der Waals surface area contributed by atoms with Gasteiger partial charge in [0.25, 0.3) is 0 Å². The fraction of sp³-hybridized carbons (Fsp3) is 0.276. The maximum atomic E-state index is 4.63. The predicted molar refractivity (Wildman–Crippen MR) is 158 cm³/mol. The largest absolute Gasteiger partial charge is 0.372 e. The second-order valence-corrected chi connectivity index (χ2v) is 10.8. The molecule has 3 aromatic carbocycles. The van der Waals surface area contributed by atoms with Crippen molar-refractivity contribution in [2.45, 2.75) is 40.0 Å². The first-order valence-corrected chi connectivity index (χ1v) is 14.4. The van der Waals surface area contributed by atoms with Crippen LogP contribution in [0.15, 0.2) is 87.2 Å². The minimum atomic E-state index is 0.645. The van der Waals surface area contributed by atoms with E-state index in [1.54, 1.807) is 0 Å². The van der Waals surface area contributed by atoms with E-state index in [4.69, 9.17) is 0 Å². The van der Waals surface area contributed by atoms with E-state index in [-0.39, 0.29) is 0 Å². The molecule has 0 amide bonds. The third-order valence-electron chi connectivity index (χ3n) is 6.34. The Morgan fingerprint density at radius 3 is 2.30 bits per heavy atom. The Kier molecular flexibility index (Phi) is 7.96. The molecule has 0 saturated heterocycles. The van der Waals surface area contributed by atoms with Crippen LogP contribution in [-0.2, 0) is 6.42 Å².